The van der Waals surface area contributed by atoms with Crippen LogP contribution in [0.15, 0.2) is 24.3 Å². The number of hydrogen-bond acceptors (Lipinski definition) is 3. The summed E-state index contributed by atoms with van der Waals surface area (Å²) < 4.78 is 0. The summed E-state index contributed by atoms with van der Waals surface area (Å²) in [6.07, 6.45) is -0.233. The molecule has 100 valence electrons. The molecule has 0 aromatic heterocycles. The molecule has 19 heavy (non-hydrogen) atoms. The molecule has 5 heteroatoms. The number of aliphatic carboxylic acids is 1. The normalized spacial score (nSPS) is 15.8. The molecule has 1 aliphatic heterocycles. The predicted molar refractivity (Wildman–Crippen MR) is 67.8 cm³/mol. The number of rotatable bonds is 4. The smallest absolute Gasteiger partial charge is 0.305 e. The Morgan fingerprint density at radius 2 is 1.63 bits per heavy atom. The summed E-state index contributed by atoms with van der Waals surface area (Å²) in [5.74, 6) is -1.94. The number of carbonyl (C=O) groups excluding carboxylic acids is 2. The van der Waals surface area contributed by atoms with Crippen LogP contribution in [0.3, 0.4) is 0 Å². The van der Waals surface area contributed by atoms with Crippen molar-refractivity contribution in [3.8, 4) is 0 Å². The molecule has 0 radical (unpaired) electrons. The largest absolute Gasteiger partial charge is 0.481 e. The third-order valence-electron chi connectivity index (χ3n) is 3.31. The van der Waals surface area contributed by atoms with Crippen LogP contribution in [0.25, 0.3) is 0 Å². The molecule has 1 unspecified atom stereocenters. The average molecular weight is 261 g/mol. The highest BCUT2D eigenvalue weighted by atomic mass is 16.4. The number of carbonyl (C=O) groups is 3. The van der Waals surface area contributed by atoms with Gasteiger partial charge in [0.05, 0.1) is 23.6 Å². The van der Waals surface area contributed by atoms with E-state index in [-0.39, 0.29) is 12.3 Å². The standard InChI is InChI=1S/C14H15NO4/c1-8(2)11(7-12(16)17)15-13(18)9-5-3-4-6-10(9)14(15)19/h3-6,8,11H,7H2,1-2H3,(H,16,17). The van der Waals surface area contributed by atoms with Crippen molar-refractivity contribution < 1.29 is 19.5 Å². The lowest BCUT2D eigenvalue weighted by molar-refractivity contribution is -0.138. The maximum Gasteiger partial charge on any atom is 0.305 e. The number of carboxylic acids is 1. The van der Waals surface area contributed by atoms with E-state index in [0.29, 0.717) is 11.1 Å². The molecule has 1 heterocycles. The lowest BCUT2D eigenvalue weighted by Gasteiger charge is -2.28. The highest BCUT2D eigenvalue weighted by molar-refractivity contribution is 6.21. The zero-order valence-electron chi connectivity index (χ0n) is 10.8. The van der Waals surface area contributed by atoms with Crippen LogP contribution in [0.1, 0.15) is 41.0 Å². The molecule has 0 fully saturated rings. The molecule has 0 aliphatic carbocycles. The van der Waals surface area contributed by atoms with Gasteiger partial charge in [0.1, 0.15) is 0 Å². The van der Waals surface area contributed by atoms with Gasteiger partial charge in [-0.25, -0.2) is 0 Å². The Kier molecular flexibility index (Phi) is 3.38. The van der Waals surface area contributed by atoms with Gasteiger partial charge in [-0.15, -0.1) is 0 Å². The Bertz CT molecular complexity index is 515. The van der Waals surface area contributed by atoms with Crippen molar-refractivity contribution in [1.29, 1.82) is 0 Å². The maximum absolute atomic E-state index is 12.2. The summed E-state index contributed by atoms with van der Waals surface area (Å²) in [5, 5.41) is 8.93. The van der Waals surface area contributed by atoms with Gasteiger partial charge < -0.3 is 5.11 Å². The van der Waals surface area contributed by atoms with Crippen LogP contribution in [0.4, 0.5) is 0 Å². The van der Waals surface area contributed by atoms with Gasteiger partial charge in [-0.3, -0.25) is 19.3 Å². The molecular formula is C14H15NO4. The quantitative estimate of drug-likeness (QED) is 0.838. The van der Waals surface area contributed by atoms with Crippen molar-refractivity contribution in [3.63, 3.8) is 0 Å². The minimum Gasteiger partial charge on any atom is -0.481 e. The Balaban J connectivity index is 2.39. The number of amides is 2. The lowest BCUT2D eigenvalue weighted by Crippen LogP contribution is -2.44. The number of benzene rings is 1. The molecule has 2 amide bonds. The molecule has 1 aromatic rings. The van der Waals surface area contributed by atoms with Crippen LogP contribution in [0.2, 0.25) is 0 Å². The van der Waals surface area contributed by atoms with Gasteiger partial charge in [-0.1, -0.05) is 26.0 Å². The summed E-state index contributed by atoms with van der Waals surface area (Å²) in [4.78, 5) is 36.5. The highest BCUT2D eigenvalue weighted by Crippen LogP contribution is 2.28. The summed E-state index contributed by atoms with van der Waals surface area (Å²) in [7, 11) is 0. The molecule has 1 atom stereocenters. The van der Waals surface area contributed by atoms with Crippen molar-refractivity contribution in [1.82, 2.24) is 4.90 Å². The zero-order valence-corrected chi connectivity index (χ0v) is 10.8. The molecule has 0 bridgehead atoms. The fraction of sp³-hybridized carbons (Fsp3) is 0.357. The third kappa shape index (κ3) is 2.23. The van der Waals surface area contributed by atoms with Crippen LogP contribution >= 0.6 is 0 Å². The van der Waals surface area contributed by atoms with E-state index in [1.165, 1.54) is 0 Å². The van der Waals surface area contributed by atoms with Gasteiger partial charge in [0.2, 0.25) is 0 Å². The molecule has 1 aromatic carbocycles. The molecule has 0 spiro atoms. The van der Waals surface area contributed by atoms with Gasteiger partial charge in [0.15, 0.2) is 0 Å². The SMILES string of the molecule is CC(C)C(CC(=O)O)N1C(=O)c2ccccc2C1=O. The monoisotopic (exact) mass is 261 g/mol. The van der Waals surface area contributed by atoms with Crippen molar-refractivity contribution in [3.05, 3.63) is 35.4 Å². The van der Waals surface area contributed by atoms with Gasteiger partial charge in [-0.05, 0) is 18.1 Å². The first-order valence-corrected chi connectivity index (χ1v) is 6.12. The molecule has 2 rings (SSSR count). The van der Waals surface area contributed by atoms with Crippen molar-refractivity contribution in [2.45, 2.75) is 26.3 Å². The van der Waals surface area contributed by atoms with E-state index in [1.807, 2.05) is 0 Å². The van der Waals surface area contributed by atoms with Gasteiger partial charge >= 0.3 is 5.97 Å². The summed E-state index contributed by atoms with van der Waals surface area (Å²) in [6, 6.07) is 5.94. The second-order valence-electron chi connectivity index (χ2n) is 4.94. The number of hydrogen-bond donors (Lipinski definition) is 1. The third-order valence-corrected chi connectivity index (χ3v) is 3.31. The predicted octanol–water partition coefficient (Wildman–Crippen LogP) is 1.78. The average Bonchev–Trinajstić information content (AvgIpc) is 2.60. The topological polar surface area (TPSA) is 74.7 Å². The maximum atomic E-state index is 12.2. The van der Waals surface area contributed by atoms with Crippen molar-refractivity contribution in [2.75, 3.05) is 0 Å². The van der Waals surface area contributed by atoms with E-state index < -0.39 is 23.8 Å². The Morgan fingerprint density at radius 3 is 2.00 bits per heavy atom. The van der Waals surface area contributed by atoms with E-state index in [1.54, 1.807) is 38.1 Å². The van der Waals surface area contributed by atoms with E-state index >= 15 is 0 Å². The summed E-state index contributed by atoms with van der Waals surface area (Å²) in [5.41, 5.74) is 0.701. The van der Waals surface area contributed by atoms with E-state index in [2.05, 4.69) is 0 Å². The molecule has 0 saturated carbocycles. The van der Waals surface area contributed by atoms with Gasteiger partial charge in [0, 0.05) is 0 Å². The minimum atomic E-state index is -1.02. The number of nitrogens with zero attached hydrogens (tertiary/aromatic N) is 1. The number of imide groups is 1. The fourth-order valence-electron chi connectivity index (χ4n) is 2.31. The summed E-state index contributed by atoms with van der Waals surface area (Å²) in [6.45, 7) is 3.61. The molecule has 1 aliphatic rings. The summed E-state index contributed by atoms with van der Waals surface area (Å²) >= 11 is 0. The second kappa shape index (κ2) is 4.84. The Hall–Kier alpha value is -2.17. The first-order chi connectivity index (χ1) is 8.93. The molecule has 1 N–H and O–H groups in total. The first kappa shape index (κ1) is 13.3. The fourth-order valence-corrected chi connectivity index (χ4v) is 2.31. The van der Waals surface area contributed by atoms with E-state index in [0.717, 1.165) is 4.90 Å². The molecule has 0 saturated heterocycles. The molecule has 5 nitrogen and oxygen atoms in total. The zero-order chi connectivity index (χ0) is 14.2. The molecular weight excluding hydrogens is 246 g/mol. The van der Waals surface area contributed by atoms with Crippen LogP contribution in [-0.2, 0) is 4.79 Å². The van der Waals surface area contributed by atoms with E-state index in [9.17, 15) is 14.4 Å². The Labute approximate surface area is 110 Å². The van der Waals surface area contributed by atoms with Crippen LogP contribution in [0.5, 0.6) is 0 Å². The van der Waals surface area contributed by atoms with Gasteiger partial charge in [-0.2, -0.15) is 0 Å². The Morgan fingerprint density at radius 1 is 1.16 bits per heavy atom. The number of fused-ring (bicyclic) bond motifs is 1. The minimum absolute atomic E-state index is 0.113. The van der Waals surface area contributed by atoms with Gasteiger partial charge in [0.25, 0.3) is 11.8 Å². The second-order valence-corrected chi connectivity index (χ2v) is 4.94. The lowest BCUT2D eigenvalue weighted by atomic mass is 9.99. The van der Waals surface area contributed by atoms with Crippen LogP contribution in [-0.4, -0.2) is 33.8 Å². The van der Waals surface area contributed by atoms with Crippen molar-refractivity contribution in [2.24, 2.45) is 5.92 Å². The van der Waals surface area contributed by atoms with Crippen LogP contribution in [0, 0.1) is 5.92 Å². The first-order valence-electron chi connectivity index (χ1n) is 6.12. The van der Waals surface area contributed by atoms with E-state index in [4.69, 9.17) is 5.11 Å². The van der Waals surface area contributed by atoms with Crippen LogP contribution < -0.4 is 0 Å². The number of carboxylic acid groups (broad SMARTS) is 1. The highest BCUT2D eigenvalue weighted by Gasteiger charge is 2.41. The van der Waals surface area contributed by atoms with Crippen molar-refractivity contribution >= 4 is 17.8 Å².